The van der Waals surface area contributed by atoms with Gasteiger partial charge in [-0.1, -0.05) is 0 Å². The Hall–Kier alpha value is -2.88. The van der Waals surface area contributed by atoms with Crippen LogP contribution in [0.2, 0.25) is 0 Å². The van der Waals surface area contributed by atoms with E-state index in [1.807, 2.05) is 12.3 Å². The molecule has 2 aromatic heterocycles. The zero-order valence-electron chi connectivity index (χ0n) is 19.7. The van der Waals surface area contributed by atoms with Crippen LogP contribution in [0.1, 0.15) is 62.3 Å². The third kappa shape index (κ3) is 6.13. The van der Waals surface area contributed by atoms with E-state index < -0.39 is 28.3 Å². The van der Waals surface area contributed by atoms with Crippen molar-refractivity contribution in [1.29, 1.82) is 0 Å². The number of carbonyl (C=O) groups is 2. The average molecular weight is 478 g/mol. The van der Waals surface area contributed by atoms with Gasteiger partial charge in [-0.2, -0.15) is 0 Å². The van der Waals surface area contributed by atoms with E-state index >= 15 is 0 Å². The second kappa shape index (κ2) is 9.54. The molecule has 1 saturated heterocycles. The number of nitrogens with zero attached hydrogens (tertiary/aromatic N) is 2. The fraction of sp³-hybridized carbons (Fsp3) is 0.565. The first-order chi connectivity index (χ1) is 15.4. The molecule has 9 nitrogen and oxygen atoms in total. The molecule has 180 valence electrons. The van der Waals surface area contributed by atoms with E-state index in [9.17, 15) is 19.5 Å². The van der Waals surface area contributed by atoms with Gasteiger partial charge in [0.25, 0.3) is 0 Å². The fourth-order valence-corrected chi connectivity index (χ4v) is 4.55. The topological polar surface area (TPSA) is 122 Å². The maximum atomic E-state index is 12.9. The van der Waals surface area contributed by atoms with Crippen molar-refractivity contribution in [3.63, 3.8) is 0 Å². The van der Waals surface area contributed by atoms with E-state index in [1.54, 1.807) is 32.6 Å². The number of amides is 2. The predicted octanol–water partition coefficient (Wildman–Crippen LogP) is 3.39. The van der Waals surface area contributed by atoms with Crippen molar-refractivity contribution in [1.82, 2.24) is 15.2 Å². The number of piperidine rings is 1. The molecule has 0 aromatic carbocycles. The van der Waals surface area contributed by atoms with Gasteiger partial charge >= 0.3 is 6.09 Å². The van der Waals surface area contributed by atoms with Gasteiger partial charge in [0.1, 0.15) is 11.4 Å². The Bertz CT molecular complexity index is 1080. The van der Waals surface area contributed by atoms with Crippen LogP contribution in [0.5, 0.6) is 5.75 Å². The lowest BCUT2D eigenvalue weighted by Gasteiger charge is -2.41. The van der Waals surface area contributed by atoms with Crippen LogP contribution >= 0.6 is 11.3 Å². The second-order valence-electron chi connectivity index (χ2n) is 9.46. The SMILES string of the molecule is Cc1cc(=O)c(O)c(C2(CC(=O)NCc3csc(C)n3)CCN(C(=O)OC(C)(C)C)CC2)o1. The molecule has 0 unspecified atom stereocenters. The van der Waals surface area contributed by atoms with Gasteiger partial charge in [-0.3, -0.25) is 9.59 Å². The maximum Gasteiger partial charge on any atom is 0.410 e. The summed E-state index contributed by atoms with van der Waals surface area (Å²) in [5.41, 5.74) is -1.34. The van der Waals surface area contributed by atoms with Crippen molar-refractivity contribution in [2.75, 3.05) is 13.1 Å². The van der Waals surface area contributed by atoms with Crippen LogP contribution in [0.15, 0.2) is 20.7 Å². The number of rotatable bonds is 5. The molecule has 3 heterocycles. The summed E-state index contributed by atoms with van der Waals surface area (Å²) in [6, 6.07) is 1.22. The number of hydrogen-bond acceptors (Lipinski definition) is 8. The third-order valence-corrected chi connectivity index (χ3v) is 6.35. The van der Waals surface area contributed by atoms with Crippen LogP contribution in [0.3, 0.4) is 0 Å². The molecule has 3 rings (SSSR count). The highest BCUT2D eigenvalue weighted by Crippen LogP contribution is 2.42. The summed E-state index contributed by atoms with van der Waals surface area (Å²) >= 11 is 1.51. The van der Waals surface area contributed by atoms with E-state index in [0.29, 0.717) is 31.7 Å². The molecule has 2 amide bonds. The van der Waals surface area contributed by atoms with Gasteiger partial charge in [0.2, 0.25) is 17.1 Å². The van der Waals surface area contributed by atoms with Gasteiger partial charge in [-0.15, -0.1) is 11.3 Å². The summed E-state index contributed by atoms with van der Waals surface area (Å²) < 4.78 is 11.3. The molecular formula is C23H31N3O6S. The normalized spacial score (nSPS) is 15.8. The Morgan fingerprint density at radius 3 is 2.55 bits per heavy atom. The number of aryl methyl sites for hydroxylation is 2. The molecule has 10 heteroatoms. The van der Waals surface area contributed by atoms with Crippen molar-refractivity contribution in [3.8, 4) is 5.75 Å². The Morgan fingerprint density at radius 1 is 1.30 bits per heavy atom. The smallest absolute Gasteiger partial charge is 0.410 e. The molecule has 1 aliphatic rings. The Morgan fingerprint density at radius 2 is 1.97 bits per heavy atom. The zero-order valence-corrected chi connectivity index (χ0v) is 20.5. The Balaban J connectivity index is 1.82. The molecule has 1 fully saturated rings. The largest absolute Gasteiger partial charge is 0.502 e. The van der Waals surface area contributed by atoms with Crippen LogP contribution in [0, 0.1) is 13.8 Å². The number of aromatic nitrogens is 1. The van der Waals surface area contributed by atoms with Crippen molar-refractivity contribution in [2.45, 2.75) is 71.4 Å². The third-order valence-electron chi connectivity index (χ3n) is 5.53. The lowest BCUT2D eigenvalue weighted by atomic mass is 9.73. The molecular weight excluding hydrogens is 446 g/mol. The number of likely N-dealkylation sites (tertiary alicyclic amines) is 1. The zero-order chi connectivity index (χ0) is 24.4. The maximum absolute atomic E-state index is 12.9. The minimum Gasteiger partial charge on any atom is -0.502 e. The monoisotopic (exact) mass is 477 g/mol. The minimum atomic E-state index is -0.935. The highest BCUT2D eigenvalue weighted by Gasteiger charge is 2.44. The van der Waals surface area contributed by atoms with Gasteiger partial charge < -0.3 is 24.5 Å². The van der Waals surface area contributed by atoms with E-state index in [-0.39, 0.29) is 24.6 Å². The quantitative estimate of drug-likeness (QED) is 0.677. The van der Waals surface area contributed by atoms with Gasteiger partial charge in [-0.05, 0) is 47.5 Å². The summed E-state index contributed by atoms with van der Waals surface area (Å²) in [6.07, 6.45) is 0.220. The van der Waals surface area contributed by atoms with Crippen molar-refractivity contribution in [3.05, 3.63) is 43.9 Å². The predicted molar refractivity (Wildman–Crippen MR) is 123 cm³/mol. The molecule has 2 N–H and O–H groups in total. The molecule has 33 heavy (non-hydrogen) atoms. The molecule has 2 aromatic rings. The summed E-state index contributed by atoms with van der Waals surface area (Å²) in [7, 11) is 0. The van der Waals surface area contributed by atoms with Gasteiger partial charge in [0.15, 0.2) is 5.76 Å². The first-order valence-electron chi connectivity index (χ1n) is 10.9. The molecule has 0 spiro atoms. The van der Waals surface area contributed by atoms with Crippen LogP contribution in [0.25, 0.3) is 0 Å². The van der Waals surface area contributed by atoms with E-state index in [2.05, 4.69) is 10.3 Å². The summed E-state index contributed by atoms with van der Waals surface area (Å²) in [5, 5.41) is 16.2. The lowest BCUT2D eigenvalue weighted by Crippen LogP contribution is -2.48. The molecule has 0 radical (unpaired) electrons. The van der Waals surface area contributed by atoms with Crippen LogP contribution in [-0.2, 0) is 21.5 Å². The summed E-state index contributed by atoms with van der Waals surface area (Å²) in [5.74, 6) is -0.305. The standard InChI is InChI=1S/C23H31N3O6S/c1-14-10-17(27)19(29)20(31-14)23(11-18(28)24-12-16-13-33-15(2)25-16)6-8-26(9-7-23)21(30)32-22(3,4)5/h10,13,29H,6-9,11-12H2,1-5H3,(H,24,28). The van der Waals surface area contributed by atoms with Crippen LogP contribution < -0.4 is 10.7 Å². The summed E-state index contributed by atoms with van der Waals surface area (Å²) in [6.45, 7) is 9.79. The average Bonchev–Trinajstić information content (AvgIpc) is 3.13. The molecule has 0 saturated carbocycles. The fourth-order valence-electron chi connectivity index (χ4n) is 3.94. The van der Waals surface area contributed by atoms with Gasteiger partial charge in [0, 0.05) is 36.4 Å². The highest BCUT2D eigenvalue weighted by atomic mass is 32.1. The molecule has 1 aliphatic heterocycles. The first-order valence-corrected chi connectivity index (χ1v) is 11.8. The van der Waals surface area contributed by atoms with Crippen molar-refractivity contribution < 1.29 is 23.8 Å². The molecule has 0 bridgehead atoms. The lowest BCUT2D eigenvalue weighted by molar-refractivity contribution is -0.123. The molecule has 0 atom stereocenters. The second-order valence-corrected chi connectivity index (χ2v) is 10.5. The number of thiazole rings is 1. The van der Waals surface area contributed by atoms with Crippen molar-refractivity contribution >= 4 is 23.3 Å². The van der Waals surface area contributed by atoms with Crippen LogP contribution in [0.4, 0.5) is 4.79 Å². The van der Waals surface area contributed by atoms with E-state index in [4.69, 9.17) is 9.15 Å². The van der Waals surface area contributed by atoms with E-state index in [0.717, 1.165) is 10.7 Å². The van der Waals surface area contributed by atoms with Crippen LogP contribution in [-0.4, -0.2) is 45.7 Å². The summed E-state index contributed by atoms with van der Waals surface area (Å²) in [4.78, 5) is 43.6. The number of aromatic hydroxyl groups is 1. The Kier molecular flexibility index (Phi) is 7.16. The van der Waals surface area contributed by atoms with Gasteiger partial charge in [0.05, 0.1) is 17.2 Å². The number of nitrogens with one attached hydrogen (secondary N) is 1. The minimum absolute atomic E-state index is 0.00175. The first kappa shape index (κ1) is 24.8. The number of carbonyl (C=O) groups excluding carboxylic acids is 2. The van der Waals surface area contributed by atoms with Gasteiger partial charge in [-0.25, -0.2) is 9.78 Å². The Labute approximate surface area is 196 Å². The highest BCUT2D eigenvalue weighted by molar-refractivity contribution is 7.09. The van der Waals surface area contributed by atoms with Crippen molar-refractivity contribution in [2.24, 2.45) is 0 Å². The van der Waals surface area contributed by atoms with E-state index in [1.165, 1.54) is 17.4 Å². The number of hydrogen-bond donors (Lipinski definition) is 2. The molecule has 0 aliphatic carbocycles. The number of ether oxygens (including phenoxy) is 1.